The van der Waals surface area contributed by atoms with Gasteiger partial charge in [0.25, 0.3) is 5.91 Å². The second-order valence-electron chi connectivity index (χ2n) is 5.49. The average molecular weight is 338 g/mol. The zero-order valence-electron chi connectivity index (χ0n) is 12.6. The molecule has 0 saturated heterocycles. The lowest BCUT2D eigenvalue weighted by Gasteiger charge is -1.97. The first kappa shape index (κ1) is 14.7. The number of nitrogens with zero attached hydrogens (tertiary/aromatic N) is 2. The minimum Gasteiger partial charge on any atom is -0.492 e. The van der Waals surface area contributed by atoms with Crippen molar-refractivity contribution < 1.29 is 14.3 Å². The molecule has 1 N–H and O–H groups in total. The third-order valence-electron chi connectivity index (χ3n) is 3.80. The Hall–Kier alpha value is -2.86. The van der Waals surface area contributed by atoms with E-state index in [1.807, 2.05) is 31.2 Å². The molecule has 0 saturated carbocycles. The first-order chi connectivity index (χ1) is 11.5. The van der Waals surface area contributed by atoms with E-state index in [4.69, 9.17) is 0 Å². The van der Waals surface area contributed by atoms with Gasteiger partial charge in [0.1, 0.15) is 15.7 Å². The molecular formula is C18H11FN2O2S. The minimum atomic E-state index is -0.495. The summed E-state index contributed by atoms with van der Waals surface area (Å²) in [6, 6.07) is 11.6. The zero-order valence-corrected chi connectivity index (χ0v) is 13.4. The maximum absolute atomic E-state index is 13.5. The van der Waals surface area contributed by atoms with Gasteiger partial charge in [0.15, 0.2) is 0 Å². The van der Waals surface area contributed by atoms with Gasteiger partial charge in [-0.3, -0.25) is 4.79 Å². The Morgan fingerprint density at radius 1 is 1.12 bits per heavy atom. The van der Waals surface area contributed by atoms with E-state index < -0.39 is 11.7 Å². The monoisotopic (exact) mass is 338 g/mol. The summed E-state index contributed by atoms with van der Waals surface area (Å²) in [7, 11) is 0. The normalized spacial score (nSPS) is 13.1. The van der Waals surface area contributed by atoms with E-state index >= 15 is 0 Å². The van der Waals surface area contributed by atoms with Crippen LogP contribution in [0.5, 0.6) is 5.88 Å². The van der Waals surface area contributed by atoms with E-state index in [9.17, 15) is 14.3 Å². The molecule has 1 aliphatic heterocycles. The average Bonchev–Trinajstić information content (AvgIpc) is 3.07. The predicted octanol–water partition coefficient (Wildman–Crippen LogP) is 2.32. The Bertz CT molecular complexity index is 1100. The number of hydrogen-bond acceptors (Lipinski definition) is 4. The molecule has 0 atom stereocenters. The van der Waals surface area contributed by atoms with Crippen LogP contribution in [-0.4, -0.2) is 16.0 Å². The summed E-state index contributed by atoms with van der Waals surface area (Å²) < 4.78 is 13.5. The fourth-order valence-corrected chi connectivity index (χ4v) is 3.62. The second kappa shape index (κ2) is 5.35. The Kier molecular flexibility index (Phi) is 3.28. The molecule has 6 heteroatoms. The van der Waals surface area contributed by atoms with Gasteiger partial charge in [0.2, 0.25) is 5.88 Å². The highest BCUT2D eigenvalue weighted by molar-refractivity contribution is 7.16. The summed E-state index contributed by atoms with van der Waals surface area (Å²) in [5.74, 6) is -1.20. The zero-order chi connectivity index (χ0) is 16.8. The van der Waals surface area contributed by atoms with Crippen molar-refractivity contribution in [3.05, 3.63) is 69.3 Å². The minimum absolute atomic E-state index is 0.192. The summed E-state index contributed by atoms with van der Waals surface area (Å²) in [4.78, 5) is 20.6. The largest absolute Gasteiger partial charge is 0.492 e. The van der Waals surface area contributed by atoms with Crippen LogP contribution in [-0.2, 0) is 4.79 Å². The van der Waals surface area contributed by atoms with Gasteiger partial charge >= 0.3 is 0 Å². The van der Waals surface area contributed by atoms with E-state index in [2.05, 4.69) is 9.98 Å². The van der Waals surface area contributed by atoms with Crippen molar-refractivity contribution in [3.63, 3.8) is 0 Å². The van der Waals surface area contributed by atoms with Crippen LogP contribution in [0.3, 0.4) is 0 Å². The number of fused-ring (bicyclic) bond motifs is 1. The molecule has 118 valence electrons. The van der Waals surface area contributed by atoms with Gasteiger partial charge < -0.3 is 5.11 Å². The molecular weight excluding hydrogens is 327 g/mol. The third kappa shape index (κ3) is 2.32. The Balaban J connectivity index is 1.92. The summed E-state index contributed by atoms with van der Waals surface area (Å²) in [5, 5.41) is 11.6. The van der Waals surface area contributed by atoms with Crippen LogP contribution in [0, 0.1) is 12.7 Å². The molecule has 0 bridgehead atoms. The number of thiazole rings is 1. The quantitative estimate of drug-likeness (QED) is 0.780. The van der Waals surface area contributed by atoms with Crippen LogP contribution < -0.4 is 10.6 Å². The number of benzene rings is 2. The van der Waals surface area contributed by atoms with Crippen LogP contribution in [0.25, 0.3) is 16.1 Å². The Morgan fingerprint density at radius 2 is 1.88 bits per heavy atom. The summed E-state index contributed by atoms with van der Waals surface area (Å²) in [6.45, 7) is 1.98. The number of aromatic hydroxyl groups is 1. The highest BCUT2D eigenvalue weighted by Crippen LogP contribution is 2.36. The predicted molar refractivity (Wildman–Crippen MR) is 88.6 cm³/mol. The maximum Gasteiger partial charge on any atom is 0.279 e. The third-order valence-corrected chi connectivity index (χ3v) is 4.91. The molecule has 0 unspecified atom stereocenters. The van der Waals surface area contributed by atoms with E-state index in [1.54, 1.807) is 0 Å². The van der Waals surface area contributed by atoms with Crippen LogP contribution in [0.2, 0.25) is 0 Å². The lowest BCUT2D eigenvalue weighted by molar-refractivity contribution is -0.112. The fourth-order valence-electron chi connectivity index (χ4n) is 2.60. The van der Waals surface area contributed by atoms with Crippen LogP contribution in [0.4, 0.5) is 4.39 Å². The molecule has 4 rings (SSSR count). The molecule has 24 heavy (non-hydrogen) atoms. The van der Waals surface area contributed by atoms with Gasteiger partial charge in [-0.15, -0.1) is 11.3 Å². The second-order valence-corrected chi connectivity index (χ2v) is 6.49. The van der Waals surface area contributed by atoms with Crippen molar-refractivity contribution in [1.82, 2.24) is 4.98 Å². The molecule has 4 nitrogen and oxygen atoms in total. The molecule has 0 radical (unpaired) electrons. The number of hydrogen-bond donors (Lipinski definition) is 1. The topological polar surface area (TPSA) is 62.6 Å². The van der Waals surface area contributed by atoms with Crippen LogP contribution >= 0.6 is 11.3 Å². The summed E-state index contributed by atoms with van der Waals surface area (Å²) >= 11 is 1.19. The molecule has 1 amide bonds. The van der Waals surface area contributed by atoms with Gasteiger partial charge in [0, 0.05) is 10.8 Å². The lowest BCUT2D eigenvalue weighted by Crippen LogP contribution is -2.23. The molecule has 1 aromatic heterocycles. The van der Waals surface area contributed by atoms with Gasteiger partial charge in [-0.1, -0.05) is 29.8 Å². The molecule has 0 spiro atoms. The molecule has 0 fully saturated rings. The van der Waals surface area contributed by atoms with Crippen molar-refractivity contribution in [2.75, 3.05) is 0 Å². The molecule has 2 heterocycles. The standard InChI is InChI=1S/C18H11FN2O2S/c1-9-2-4-10(5-3-9)18-21-17(23)15(24-18)14-12-8-11(19)6-7-13(12)20-16(14)22/h2-8,23H,1H3. The number of amides is 1. The van der Waals surface area contributed by atoms with Crippen molar-refractivity contribution in [2.24, 2.45) is 4.99 Å². The van der Waals surface area contributed by atoms with Gasteiger partial charge in [-0.2, -0.15) is 0 Å². The number of carbonyl (C=O) groups excluding carboxylic acids is 1. The Morgan fingerprint density at radius 3 is 2.62 bits per heavy atom. The van der Waals surface area contributed by atoms with Gasteiger partial charge in [-0.25, -0.2) is 14.4 Å². The number of carbonyl (C=O) groups is 1. The number of rotatable bonds is 2. The molecule has 0 aliphatic carbocycles. The number of aryl methyl sites for hydroxylation is 1. The summed E-state index contributed by atoms with van der Waals surface area (Å²) in [5.41, 5.74) is 2.15. The SMILES string of the molecule is Cc1ccc(-c2nc(O)c(C3=c4cc(F)ccc4=NC3=O)s2)cc1. The van der Waals surface area contributed by atoms with Crippen molar-refractivity contribution in [2.45, 2.75) is 6.92 Å². The molecule has 1 aliphatic rings. The lowest BCUT2D eigenvalue weighted by atomic mass is 10.1. The van der Waals surface area contributed by atoms with E-state index in [0.29, 0.717) is 20.5 Å². The van der Waals surface area contributed by atoms with Crippen molar-refractivity contribution in [3.8, 4) is 16.5 Å². The fraction of sp³-hybridized carbons (Fsp3) is 0.0556. The van der Waals surface area contributed by atoms with E-state index in [-0.39, 0.29) is 11.5 Å². The Labute approximate surface area is 140 Å². The maximum atomic E-state index is 13.5. The van der Waals surface area contributed by atoms with Crippen molar-refractivity contribution >= 4 is 22.8 Å². The van der Waals surface area contributed by atoms with Gasteiger partial charge in [-0.05, 0) is 25.1 Å². The first-order valence-corrected chi connectivity index (χ1v) is 8.05. The summed E-state index contributed by atoms with van der Waals surface area (Å²) in [6.07, 6.45) is 0. The van der Waals surface area contributed by atoms with E-state index in [0.717, 1.165) is 11.1 Å². The van der Waals surface area contributed by atoms with Crippen molar-refractivity contribution in [1.29, 1.82) is 0 Å². The van der Waals surface area contributed by atoms with Crippen LogP contribution in [0.1, 0.15) is 10.4 Å². The van der Waals surface area contributed by atoms with Gasteiger partial charge in [0.05, 0.1) is 10.9 Å². The smallest absolute Gasteiger partial charge is 0.279 e. The van der Waals surface area contributed by atoms with Crippen LogP contribution in [0.15, 0.2) is 47.5 Å². The highest BCUT2D eigenvalue weighted by Gasteiger charge is 2.25. The molecule has 3 aromatic rings. The first-order valence-electron chi connectivity index (χ1n) is 7.23. The number of halogens is 1. The number of aromatic nitrogens is 1. The highest BCUT2D eigenvalue weighted by atomic mass is 32.1. The van der Waals surface area contributed by atoms with E-state index in [1.165, 1.54) is 29.5 Å². The molecule has 2 aromatic carbocycles.